The maximum absolute atomic E-state index is 12.9. The molecule has 2 rings (SSSR count). The van der Waals surface area contributed by atoms with Gasteiger partial charge in [0.15, 0.2) is 0 Å². The zero-order valence-electron chi connectivity index (χ0n) is 12.7. The van der Waals surface area contributed by atoms with Crippen LogP contribution in [0.25, 0.3) is 0 Å². The van der Waals surface area contributed by atoms with Crippen LogP contribution in [0.5, 0.6) is 0 Å². The van der Waals surface area contributed by atoms with Gasteiger partial charge in [0.25, 0.3) is 0 Å². The van der Waals surface area contributed by atoms with Gasteiger partial charge in [-0.15, -0.1) is 0 Å². The molecule has 1 N–H and O–H groups in total. The fourth-order valence-corrected chi connectivity index (χ4v) is 4.54. The van der Waals surface area contributed by atoms with E-state index < -0.39 is 10.0 Å². The highest BCUT2D eigenvalue weighted by Crippen LogP contribution is 2.26. The Bertz CT molecular complexity index is 591. The van der Waals surface area contributed by atoms with Crippen molar-refractivity contribution in [3.8, 4) is 0 Å². The van der Waals surface area contributed by atoms with Gasteiger partial charge >= 0.3 is 0 Å². The first-order chi connectivity index (χ1) is 9.89. The van der Waals surface area contributed by atoms with E-state index >= 15 is 0 Å². The number of aliphatic hydroxyl groups excluding tert-OH is 1. The van der Waals surface area contributed by atoms with Crippen molar-refractivity contribution in [3.63, 3.8) is 0 Å². The molecule has 1 aromatic heterocycles. The Morgan fingerprint density at radius 1 is 1.38 bits per heavy atom. The molecule has 7 nitrogen and oxygen atoms in total. The van der Waals surface area contributed by atoms with Crippen molar-refractivity contribution >= 4 is 10.0 Å². The van der Waals surface area contributed by atoms with Gasteiger partial charge in [0.2, 0.25) is 10.0 Å². The third-order valence-corrected chi connectivity index (χ3v) is 6.13. The number of nitrogens with zero attached hydrogens (tertiary/aromatic N) is 3. The first kappa shape index (κ1) is 16.4. The fraction of sp³-hybridized carbons (Fsp3) is 0.769. The molecule has 8 heteroatoms. The van der Waals surface area contributed by atoms with Crippen molar-refractivity contribution in [2.45, 2.75) is 44.2 Å². The van der Waals surface area contributed by atoms with Crippen LogP contribution >= 0.6 is 0 Å². The summed E-state index contributed by atoms with van der Waals surface area (Å²) in [5.74, 6) is 0. The van der Waals surface area contributed by atoms with E-state index in [-0.39, 0.29) is 17.5 Å². The molecular weight excluding hydrogens is 294 g/mol. The van der Waals surface area contributed by atoms with Gasteiger partial charge in [-0.1, -0.05) is 0 Å². The topological polar surface area (TPSA) is 84.7 Å². The monoisotopic (exact) mass is 317 g/mol. The molecule has 0 aliphatic carbocycles. The van der Waals surface area contributed by atoms with Crippen LogP contribution in [0.2, 0.25) is 0 Å². The molecule has 1 fully saturated rings. The molecule has 1 aliphatic rings. The van der Waals surface area contributed by atoms with Gasteiger partial charge in [0.1, 0.15) is 4.90 Å². The quantitative estimate of drug-likeness (QED) is 0.844. The highest BCUT2D eigenvalue weighted by Gasteiger charge is 2.33. The molecule has 0 spiro atoms. The van der Waals surface area contributed by atoms with Crippen molar-refractivity contribution in [2.24, 2.45) is 0 Å². The molecule has 0 bridgehead atoms. The van der Waals surface area contributed by atoms with E-state index in [1.54, 1.807) is 25.6 Å². The van der Waals surface area contributed by atoms with Crippen molar-refractivity contribution in [1.29, 1.82) is 0 Å². The number of hydrogen-bond donors (Lipinski definition) is 1. The summed E-state index contributed by atoms with van der Waals surface area (Å²) in [6.07, 6.45) is 1.41. The van der Waals surface area contributed by atoms with Gasteiger partial charge in [0.05, 0.1) is 24.5 Å². The molecule has 1 aliphatic heterocycles. The molecule has 2 heterocycles. The molecule has 0 unspecified atom stereocenters. The number of sulfonamides is 1. The predicted molar refractivity (Wildman–Crippen MR) is 77.6 cm³/mol. The summed E-state index contributed by atoms with van der Waals surface area (Å²) in [5, 5.41) is 13.2. The van der Waals surface area contributed by atoms with Crippen LogP contribution in [0, 0.1) is 13.8 Å². The summed E-state index contributed by atoms with van der Waals surface area (Å²) in [4.78, 5) is 0.255. The standard InChI is InChI=1S/C13H23N3O4S/c1-10-13(11(2)16(14-10)6-7-17)21(18,19)15(3)12-4-8-20-9-5-12/h12,17H,4-9H2,1-3H3. The molecule has 120 valence electrons. The normalized spacial score (nSPS) is 17.6. The van der Waals surface area contributed by atoms with Crippen molar-refractivity contribution < 1.29 is 18.3 Å². The lowest BCUT2D eigenvalue weighted by Gasteiger charge is -2.30. The maximum Gasteiger partial charge on any atom is 0.246 e. The molecule has 0 aromatic carbocycles. The van der Waals surface area contributed by atoms with Gasteiger partial charge in [-0.2, -0.15) is 9.40 Å². The molecule has 21 heavy (non-hydrogen) atoms. The summed E-state index contributed by atoms with van der Waals surface area (Å²) in [5.41, 5.74) is 1.04. The van der Waals surface area contributed by atoms with Crippen molar-refractivity contribution in [1.82, 2.24) is 14.1 Å². The van der Waals surface area contributed by atoms with Crippen LogP contribution in [0.15, 0.2) is 4.90 Å². The molecule has 0 amide bonds. The molecule has 1 saturated heterocycles. The minimum Gasteiger partial charge on any atom is -0.394 e. The smallest absolute Gasteiger partial charge is 0.246 e. The lowest BCUT2D eigenvalue weighted by atomic mass is 10.1. The lowest BCUT2D eigenvalue weighted by Crippen LogP contribution is -2.40. The third kappa shape index (κ3) is 3.13. The van der Waals surface area contributed by atoms with Crippen LogP contribution in [0.1, 0.15) is 24.2 Å². The second-order valence-corrected chi connectivity index (χ2v) is 7.25. The number of rotatable bonds is 5. The highest BCUT2D eigenvalue weighted by atomic mass is 32.2. The van der Waals surface area contributed by atoms with Gasteiger partial charge in [-0.3, -0.25) is 4.68 Å². The first-order valence-corrected chi connectivity index (χ1v) is 8.54. The van der Waals surface area contributed by atoms with E-state index in [9.17, 15) is 8.42 Å². The maximum atomic E-state index is 12.9. The van der Waals surface area contributed by atoms with E-state index in [0.717, 1.165) is 0 Å². The van der Waals surface area contributed by atoms with Crippen LogP contribution in [-0.4, -0.2) is 60.5 Å². The van der Waals surface area contributed by atoms with Crippen molar-refractivity contribution in [3.05, 3.63) is 11.4 Å². The van der Waals surface area contributed by atoms with Gasteiger partial charge in [-0.05, 0) is 26.7 Å². The Hall–Kier alpha value is -0.960. The van der Waals surface area contributed by atoms with Crippen molar-refractivity contribution in [2.75, 3.05) is 26.9 Å². The summed E-state index contributed by atoms with van der Waals surface area (Å²) < 4.78 is 34.0. The van der Waals surface area contributed by atoms with Crippen LogP contribution in [0.3, 0.4) is 0 Å². The van der Waals surface area contributed by atoms with E-state index in [4.69, 9.17) is 9.84 Å². The molecule has 0 radical (unpaired) electrons. The van der Waals surface area contributed by atoms with E-state index in [0.29, 0.717) is 44.0 Å². The first-order valence-electron chi connectivity index (χ1n) is 7.10. The van der Waals surface area contributed by atoms with Crippen LogP contribution in [-0.2, 0) is 21.3 Å². The summed E-state index contributed by atoms with van der Waals surface area (Å²) in [6, 6.07) is -0.0382. The Labute approximate surface area is 125 Å². The predicted octanol–water partition coefficient (Wildman–Crippen LogP) is 0.292. The lowest BCUT2D eigenvalue weighted by molar-refractivity contribution is 0.0632. The number of aryl methyl sites for hydroxylation is 1. The summed E-state index contributed by atoms with van der Waals surface area (Å²) in [7, 11) is -1.97. The summed E-state index contributed by atoms with van der Waals surface area (Å²) in [6.45, 7) is 4.81. The van der Waals surface area contributed by atoms with Crippen LogP contribution in [0.4, 0.5) is 0 Å². The second kappa shape index (κ2) is 6.43. The number of aliphatic hydroxyl groups is 1. The molecular formula is C13H23N3O4S. The Kier molecular flexibility index (Phi) is 5.03. The molecule has 1 aromatic rings. The summed E-state index contributed by atoms with van der Waals surface area (Å²) >= 11 is 0. The average Bonchev–Trinajstić information content (AvgIpc) is 2.74. The molecule has 0 saturated carbocycles. The zero-order valence-corrected chi connectivity index (χ0v) is 13.6. The second-order valence-electron chi connectivity index (χ2n) is 5.31. The molecule has 0 atom stereocenters. The van der Waals surface area contributed by atoms with E-state index in [2.05, 4.69) is 5.10 Å². The number of ether oxygens (including phenoxy) is 1. The Morgan fingerprint density at radius 3 is 2.57 bits per heavy atom. The minimum absolute atomic E-state index is 0.0382. The minimum atomic E-state index is -3.58. The largest absolute Gasteiger partial charge is 0.394 e. The van der Waals surface area contributed by atoms with Gasteiger partial charge in [-0.25, -0.2) is 8.42 Å². The average molecular weight is 317 g/mol. The van der Waals surface area contributed by atoms with Gasteiger partial charge < -0.3 is 9.84 Å². The third-order valence-electron chi connectivity index (χ3n) is 3.97. The highest BCUT2D eigenvalue weighted by molar-refractivity contribution is 7.89. The fourth-order valence-electron chi connectivity index (χ4n) is 2.76. The van der Waals surface area contributed by atoms with E-state index in [1.807, 2.05) is 0 Å². The van der Waals surface area contributed by atoms with E-state index in [1.165, 1.54) is 4.31 Å². The number of aromatic nitrogens is 2. The SMILES string of the molecule is Cc1nn(CCO)c(C)c1S(=O)(=O)N(C)C1CCOCC1. The van der Waals surface area contributed by atoms with Gasteiger partial charge in [0, 0.05) is 26.3 Å². The Balaban J connectivity index is 2.34. The number of hydrogen-bond acceptors (Lipinski definition) is 5. The Morgan fingerprint density at radius 2 is 2.00 bits per heavy atom. The van der Waals surface area contributed by atoms with Crippen LogP contribution < -0.4 is 0 Å². The zero-order chi connectivity index (χ0) is 15.6.